The quantitative estimate of drug-likeness (QED) is 0.102. The van der Waals surface area contributed by atoms with E-state index in [-0.39, 0.29) is 22.6 Å². The monoisotopic (exact) mass is 1440 g/mol. The van der Waals surface area contributed by atoms with Gasteiger partial charge in [0.15, 0.2) is 24.8 Å². The molecule has 4 aromatic heterocycles. The maximum absolute atomic E-state index is 8.94. The lowest BCUT2D eigenvalue weighted by atomic mass is 9.86. The SMILES string of the molecule is [2H]C([2H])([2H])c1c[n+](C)c(-c2cc(-c3ccc(C([2H])(C)C)cc3)c(C([2H])([2H])[2H])cc2C)cc1C.[2H]C([2H])([2H])c1c[n+](C)c(-c2cc(-c3ccc(C([2H])([2H])C(C)C)cc3)c(C([2H])([2H])[2H])cc2C)cc1C.[2H]C([2H])([2H])c1cc(C)c(-c2cc(C)c(C([2H])([2H])C(C)(C)C)c[n+]2C)cc1-c1ccccc1.[2H]C([2H])([2H])c1cc(C)c(-c2cc(C)c(C3([2H])CCCC3)c[n+]2C)cc1-c1ccccc1. The molecule has 107 heavy (non-hydrogen) atoms. The molecule has 0 atom stereocenters. The van der Waals surface area contributed by atoms with E-state index in [0.29, 0.717) is 61.2 Å². The summed E-state index contributed by atoms with van der Waals surface area (Å²) in [6.45, 7) is 14.7. The summed E-state index contributed by atoms with van der Waals surface area (Å²) in [6, 6.07) is 56.2. The fourth-order valence-corrected chi connectivity index (χ4v) is 14.2. The Hall–Kier alpha value is -9.64. The van der Waals surface area contributed by atoms with Crippen molar-refractivity contribution >= 4 is 0 Å². The number of nitrogens with zero attached hydrogens (tertiary/aromatic N) is 4. The van der Waals surface area contributed by atoms with Gasteiger partial charge in [-0.05, 0) is 292 Å². The van der Waals surface area contributed by atoms with Gasteiger partial charge in [0.25, 0.3) is 0 Å². The average Bonchev–Trinajstić information content (AvgIpc) is 1.73. The van der Waals surface area contributed by atoms with Crippen molar-refractivity contribution in [1.29, 1.82) is 0 Å². The first-order chi connectivity index (χ1) is 60.2. The van der Waals surface area contributed by atoms with Crippen LogP contribution in [0, 0.1) is 108 Å². The highest BCUT2D eigenvalue weighted by molar-refractivity contribution is 5.80. The average molecular weight is 1440 g/mol. The molecule has 13 rings (SSSR count). The number of pyridine rings is 4. The molecule has 0 saturated heterocycles. The predicted molar refractivity (Wildman–Crippen MR) is 457 cm³/mol. The van der Waals surface area contributed by atoms with Crippen molar-refractivity contribution in [3.63, 3.8) is 0 Å². The molecule has 1 aliphatic carbocycles. The third-order valence-corrected chi connectivity index (χ3v) is 20.2. The Bertz CT molecular complexity index is 6170. The fraction of sp³-hybridized carbons (Fsp3) is 0.340. The van der Waals surface area contributed by atoms with E-state index in [4.69, 9.17) is 32.9 Å². The minimum Gasteiger partial charge on any atom is -0.201 e. The lowest BCUT2D eigenvalue weighted by Crippen LogP contribution is -2.32. The zero-order valence-corrected chi connectivity index (χ0v) is 66.3. The Morgan fingerprint density at radius 1 is 0.374 bits per heavy atom. The Morgan fingerprint density at radius 3 is 1.07 bits per heavy atom. The summed E-state index contributed by atoms with van der Waals surface area (Å²) in [4.78, 5) is 0. The van der Waals surface area contributed by atoms with Gasteiger partial charge in [0, 0.05) is 102 Å². The molecule has 1 fully saturated rings. The molecule has 0 radical (unpaired) electrons. The summed E-state index contributed by atoms with van der Waals surface area (Å²) >= 11 is 0. The smallest absolute Gasteiger partial charge is 0.201 e. The molecule has 4 nitrogen and oxygen atoms in total. The van der Waals surface area contributed by atoms with E-state index in [1.807, 2.05) is 241 Å². The molecule has 4 heterocycles. The molecule has 1 aliphatic rings. The second-order valence-electron chi connectivity index (χ2n) is 30.7. The van der Waals surface area contributed by atoms with Crippen LogP contribution >= 0.6 is 0 Å². The van der Waals surface area contributed by atoms with Crippen molar-refractivity contribution in [3.8, 4) is 89.5 Å². The highest BCUT2D eigenvalue weighted by atomic mass is 14.9. The third kappa shape index (κ3) is 19.4. The van der Waals surface area contributed by atoms with Crippen molar-refractivity contribution < 1.29 is 51.2 Å². The van der Waals surface area contributed by atoms with Crippen LogP contribution in [0.1, 0.15) is 219 Å². The molecular weight excluding hydrogens is 1290 g/mol. The minimum atomic E-state index is -2.34. The van der Waals surface area contributed by atoms with Gasteiger partial charge < -0.3 is 0 Å². The van der Waals surface area contributed by atoms with E-state index in [1.165, 1.54) is 0 Å². The number of rotatable bonds is 13. The minimum absolute atomic E-state index is 0.210. The van der Waals surface area contributed by atoms with Gasteiger partial charge in [0.05, 0.1) is 0 Å². The topological polar surface area (TPSA) is 15.5 Å². The second kappa shape index (κ2) is 34.5. The summed E-state index contributed by atoms with van der Waals surface area (Å²) in [6.07, 6.45) is 8.28. The Kier molecular flexibility index (Phi) is 17.2. The van der Waals surface area contributed by atoms with Crippen LogP contribution in [0.3, 0.4) is 0 Å². The molecule has 0 unspecified atom stereocenters. The molecule has 0 spiro atoms. The van der Waals surface area contributed by atoms with Gasteiger partial charge in [0.2, 0.25) is 22.8 Å². The Balaban J connectivity index is 0.000000181. The van der Waals surface area contributed by atoms with Crippen molar-refractivity contribution in [3.05, 3.63) is 307 Å². The molecule has 552 valence electrons. The van der Waals surface area contributed by atoms with Crippen molar-refractivity contribution in [2.24, 2.45) is 39.5 Å². The zero-order chi connectivity index (χ0) is 97.9. The maximum atomic E-state index is 8.94. The van der Waals surface area contributed by atoms with Crippen LogP contribution in [-0.2, 0) is 40.9 Å². The van der Waals surface area contributed by atoms with Crippen LogP contribution in [0.25, 0.3) is 89.5 Å². The molecule has 0 N–H and O–H groups in total. The van der Waals surface area contributed by atoms with Crippen LogP contribution in [0.15, 0.2) is 207 Å². The van der Waals surface area contributed by atoms with E-state index in [9.17, 15) is 0 Å². The number of benzene rings is 8. The van der Waals surface area contributed by atoms with E-state index < -0.39 is 71.1 Å². The van der Waals surface area contributed by atoms with E-state index in [2.05, 4.69) is 23.8 Å². The van der Waals surface area contributed by atoms with Crippen LogP contribution in [0.5, 0.6) is 0 Å². The molecule has 12 aromatic rings. The first-order valence-corrected chi connectivity index (χ1v) is 37.2. The number of aromatic nitrogens is 4. The molecule has 8 aromatic carbocycles. The number of aryl methyl sites for hydroxylation is 18. The fourth-order valence-electron chi connectivity index (χ4n) is 14.2. The Labute approximate surface area is 679 Å². The van der Waals surface area contributed by atoms with E-state index >= 15 is 0 Å². The van der Waals surface area contributed by atoms with Crippen LogP contribution in [0.4, 0.5) is 0 Å². The molecular formula is C103H124N4+4. The third-order valence-electron chi connectivity index (χ3n) is 20.2. The second-order valence-corrected chi connectivity index (χ2v) is 30.7. The normalized spacial score (nSPS) is 16.9. The van der Waals surface area contributed by atoms with Gasteiger partial charge in [-0.1, -0.05) is 195 Å². The first-order valence-electron chi connectivity index (χ1n) is 49.2. The van der Waals surface area contributed by atoms with E-state index in [0.717, 1.165) is 137 Å². The summed E-state index contributed by atoms with van der Waals surface area (Å²) in [5.41, 5.74) is 24.0. The van der Waals surface area contributed by atoms with Crippen LogP contribution in [-0.4, -0.2) is 0 Å². The lowest BCUT2D eigenvalue weighted by Gasteiger charge is -2.19. The van der Waals surface area contributed by atoms with E-state index in [1.54, 1.807) is 91.9 Å². The van der Waals surface area contributed by atoms with Gasteiger partial charge >= 0.3 is 0 Å². The molecule has 0 aliphatic heterocycles. The predicted octanol–water partition coefficient (Wildman–Crippen LogP) is 25.3. The van der Waals surface area contributed by atoms with Gasteiger partial charge in [-0.25, -0.2) is 18.3 Å². The highest BCUT2D eigenvalue weighted by Crippen LogP contribution is 2.40. The highest BCUT2D eigenvalue weighted by Gasteiger charge is 2.27. The molecule has 4 heteroatoms. The first kappa shape index (κ1) is 53.2. The van der Waals surface area contributed by atoms with Crippen molar-refractivity contribution in [2.75, 3.05) is 0 Å². The van der Waals surface area contributed by atoms with Crippen LogP contribution in [0.2, 0.25) is 0 Å². The van der Waals surface area contributed by atoms with Gasteiger partial charge in [-0.3, -0.25) is 0 Å². The molecule has 1 saturated carbocycles. The summed E-state index contributed by atoms with van der Waals surface area (Å²) < 4.78 is 203. The molecule has 0 bridgehead atoms. The Morgan fingerprint density at radius 2 is 0.710 bits per heavy atom. The summed E-state index contributed by atoms with van der Waals surface area (Å²) in [5.74, 6) is -1.45. The lowest BCUT2D eigenvalue weighted by molar-refractivity contribution is -0.661. The largest absolute Gasteiger partial charge is 0.212 e. The maximum Gasteiger partial charge on any atom is 0.212 e. The molecule has 0 amide bonds. The van der Waals surface area contributed by atoms with Crippen LogP contribution < -0.4 is 18.3 Å². The number of hydrogen-bond donors (Lipinski definition) is 0. The summed E-state index contributed by atoms with van der Waals surface area (Å²) in [5, 5.41) is 0. The zero-order valence-electron chi connectivity index (χ0n) is 90.3. The standard InChI is InChI=1S/C26H30N.2C26H32N.C25H30N/c1-18-14-19(2)24(16-23(18)21-10-6-5-7-11-21)26-15-20(3)25(17-27(26)4)22-12-8-9-13-22;1-17(2)12-22-8-10-23(11-9-22)24-15-25(20(5)13-19(24)4)26-14-18(3)21(6)16-27(26)7;1-18-14-25(27(7)17-22(18)16-26(4,5)6)24-15-23(19(2)13-20(24)3)21-11-9-8-10-12-21;1-16(2)21-8-10-22(11-9-21)23-14-24(19(5)12-18(23)4)25-13-17(3)20(6)15-26(25)7/h5-7,10-11,14-17,22H,8-9,12-13H2,1-4H3;8-11,13-17H,12H2,1-7H3;8-15,17H,16H2,1-7H3;8-16H,1-7H3/q4*+1/i1D3,22D;4D3,6D3,12D2;2D3,16D2;4D3,6D3,16D. The number of hydrogen-bond acceptors (Lipinski definition) is 0. The van der Waals surface area contributed by atoms with Crippen molar-refractivity contribution in [2.45, 2.75) is 195 Å². The van der Waals surface area contributed by atoms with Gasteiger partial charge in [-0.2, -0.15) is 0 Å². The van der Waals surface area contributed by atoms with Gasteiger partial charge in [-0.15, -0.1) is 0 Å². The van der Waals surface area contributed by atoms with Gasteiger partial charge in [0.1, 0.15) is 28.2 Å². The van der Waals surface area contributed by atoms with Crippen molar-refractivity contribution in [1.82, 2.24) is 0 Å². The summed E-state index contributed by atoms with van der Waals surface area (Å²) in [7, 11) is 7.52.